The summed E-state index contributed by atoms with van der Waals surface area (Å²) >= 11 is 0. The van der Waals surface area contributed by atoms with Gasteiger partial charge in [0, 0.05) is 6.61 Å². The van der Waals surface area contributed by atoms with Gasteiger partial charge in [0.2, 0.25) is 0 Å². The van der Waals surface area contributed by atoms with Gasteiger partial charge in [0.15, 0.2) is 0 Å². The molecule has 2 nitrogen and oxygen atoms in total. The van der Waals surface area contributed by atoms with Gasteiger partial charge < -0.3 is 10.2 Å². The fraction of sp³-hybridized carbons (Fsp3) is 0.600. The highest BCUT2D eigenvalue weighted by molar-refractivity contribution is 5.38. The maximum absolute atomic E-state index is 10.1. The molecule has 0 heterocycles. The Hall–Kier alpha value is -0.860. The topological polar surface area (TPSA) is 40.5 Å². The Labute approximate surface area is 103 Å². The lowest BCUT2D eigenvalue weighted by Gasteiger charge is -2.29. The molecule has 17 heavy (non-hydrogen) atoms. The molecule has 2 N–H and O–H groups in total. The Morgan fingerprint density at radius 1 is 1.29 bits per heavy atom. The van der Waals surface area contributed by atoms with E-state index in [0.717, 1.165) is 12.0 Å². The van der Waals surface area contributed by atoms with Gasteiger partial charge in [0.1, 0.15) is 0 Å². The van der Waals surface area contributed by atoms with Crippen molar-refractivity contribution in [3.63, 3.8) is 0 Å². The highest BCUT2D eigenvalue weighted by Gasteiger charge is 2.26. The van der Waals surface area contributed by atoms with Crippen LogP contribution in [-0.2, 0) is 11.8 Å². The standard InChI is InChI=1S/C15H22O2/c1-15(2,3)12-5-4-11-6-10(9-16)7-14(17)13(11)8-12/h4-5,8,10,14,16-17H,6-7,9H2,1-3H3. The van der Waals surface area contributed by atoms with Crippen LogP contribution >= 0.6 is 0 Å². The van der Waals surface area contributed by atoms with Gasteiger partial charge in [0.05, 0.1) is 6.10 Å². The Balaban J connectivity index is 2.37. The van der Waals surface area contributed by atoms with Crippen molar-refractivity contribution in [3.8, 4) is 0 Å². The van der Waals surface area contributed by atoms with Gasteiger partial charge in [0.25, 0.3) is 0 Å². The second-order valence-corrected chi connectivity index (χ2v) is 6.17. The third-order valence-electron chi connectivity index (χ3n) is 3.69. The van der Waals surface area contributed by atoms with Crippen molar-refractivity contribution < 1.29 is 10.2 Å². The van der Waals surface area contributed by atoms with Gasteiger partial charge in [-0.2, -0.15) is 0 Å². The minimum Gasteiger partial charge on any atom is -0.396 e. The fourth-order valence-corrected chi connectivity index (χ4v) is 2.53. The van der Waals surface area contributed by atoms with Crippen molar-refractivity contribution in [2.24, 2.45) is 5.92 Å². The van der Waals surface area contributed by atoms with Crippen LogP contribution in [0.15, 0.2) is 18.2 Å². The van der Waals surface area contributed by atoms with Crippen molar-refractivity contribution in [1.82, 2.24) is 0 Å². The second-order valence-electron chi connectivity index (χ2n) is 6.17. The Morgan fingerprint density at radius 3 is 2.59 bits per heavy atom. The molecule has 1 aliphatic rings. The van der Waals surface area contributed by atoms with Crippen LogP contribution in [0.4, 0.5) is 0 Å². The SMILES string of the molecule is CC(C)(C)c1ccc2c(c1)C(O)CC(CO)C2. The third kappa shape index (κ3) is 2.53. The average molecular weight is 234 g/mol. The predicted octanol–water partition coefficient (Wildman–Crippen LogP) is 2.57. The van der Waals surface area contributed by atoms with Crippen LogP contribution in [0.25, 0.3) is 0 Å². The van der Waals surface area contributed by atoms with Gasteiger partial charge in [-0.25, -0.2) is 0 Å². The lowest BCUT2D eigenvalue weighted by Crippen LogP contribution is -2.22. The molecule has 2 heteroatoms. The van der Waals surface area contributed by atoms with Crippen molar-refractivity contribution in [1.29, 1.82) is 0 Å². The quantitative estimate of drug-likeness (QED) is 0.784. The van der Waals surface area contributed by atoms with E-state index in [1.165, 1.54) is 11.1 Å². The first-order chi connectivity index (χ1) is 7.91. The molecule has 2 atom stereocenters. The minimum atomic E-state index is -0.418. The van der Waals surface area contributed by atoms with E-state index in [9.17, 15) is 10.2 Å². The average Bonchev–Trinajstić information content (AvgIpc) is 2.27. The van der Waals surface area contributed by atoms with E-state index in [1.807, 2.05) is 0 Å². The molecule has 2 rings (SSSR count). The highest BCUT2D eigenvalue weighted by atomic mass is 16.3. The molecule has 0 aliphatic heterocycles. The fourth-order valence-electron chi connectivity index (χ4n) is 2.53. The van der Waals surface area contributed by atoms with Crippen molar-refractivity contribution in [3.05, 3.63) is 34.9 Å². The monoisotopic (exact) mass is 234 g/mol. The predicted molar refractivity (Wildman–Crippen MR) is 69.0 cm³/mol. The summed E-state index contributed by atoms with van der Waals surface area (Å²) in [7, 11) is 0. The van der Waals surface area contributed by atoms with E-state index in [1.54, 1.807) is 0 Å². The van der Waals surface area contributed by atoms with E-state index < -0.39 is 6.10 Å². The molecule has 0 fully saturated rings. The third-order valence-corrected chi connectivity index (χ3v) is 3.69. The van der Waals surface area contributed by atoms with Crippen LogP contribution in [-0.4, -0.2) is 16.8 Å². The largest absolute Gasteiger partial charge is 0.396 e. The number of hydrogen-bond acceptors (Lipinski definition) is 2. The first-order valence-corrected chi connectivity index (χ1v) is 6.34. The van der Waals surface area contributed by atoms with Gasteiger partial charge >= 0.3 is 0 Å². The maximum atomic E-state index is 10.1. The summed E-state index contributed by atoms with van der Waals surface area (Å²) in [4.78, 5) is 0. The van der Waals surface area contributed by atoms with E-state index in [-0.39, 0.29) is 17.9 Å². The smallest absolute Gasteiger partial charge is 0.0796 e. The molecule has 0 spiro atoms. The maximum Gasteiger partial charge on any atom is 0.0796 e. The molecular formula is C15H22O2. The molecule has 0 bridgehead atoms. The molecular weight excluding hydrogens is 212 g/mol. The molecule has 0 saturated heterocycles. The van der Waals surface area contributed by atoms with Crippen LogP contribution < -0.4 is 0 Å². The molecule has 1 aromatic rings. The Bertz CT molecular complexity index is 404. The number of fused-ring (bicyclic) bond motifs is 1. The van der Waals surface area contributed by atoms with E-state index in [2.05, 4.69) is 39.0 Å². The molecule has 2 unspecified atom stereocenters. The van der Waals surface area contributed by atoms with Gasteiger partial charge in [-0.3, -0.25) is 0 Å². The summed E-state index contributed by atoms with van der Waals surface area (Å²) in [6.07, 6.45) is 1.14. The number of aliphatic hydroxyl groups excluding tert-OH is 2. The number of aliphatic hydroxyl groups is 2. The molecule has 0 saturated carbocycles. The van der Waals surface area contributed by atoms with Crippen LogP contribution in [0.1, 0.15) is 50.0 Å². The Kier molecular flexibility index (Phi) is 3.28. The Morgan fingerprint density at radius 2 is 2.00 bits per heavy atom. The van der Waals surface area contributed by atoms with Gasteiger partial charge in [-0.1, -0.05) is 39.0 Å². The lowest BCUT2D eigenvalue weighted by atomic mass is 9.78. The highest BCUT2D eigenvalue weighted by Crippen LogP contribution is 2.35. The molecule has 0 amide bonds. The summed E-state index contributed by atoms with van der Waals surface area (Å²) in [5.74, 6) is 0.206. The normalized spacial score (nSPS) is 24.5. The summed E-state index contributed by atoms with van der Waals surface area (Å²) in [5.41, 5.74) is 3.62. The minimum absolute atomic E-state index is 0.114. The summed E-state index contributed by atoms with van der Waals surface area (Å²) in [5, 5.41) is 19.3. The molecule has 1 aromatic carbocycles. The van der Waals surface area contributed by atoms with E-state index >= 15 is 0 Å². The second kappa shape index (κ2) is 4.43. The summed E-state index contributed by atoms with van der Waals surface area (Å²) in [6, 6.07) is 6.39. The zero-order valence-electron chi connectivity index (χ0n) is 10.9. The van der Waals surface area contributed by atoms with Crippen molar-refractivity contribution in [2.75, 3.05) is 6.61 Å². The van der Waals surface area contributed by atoms with E-state index in [4.69, 9.17) is 0 Å². The molecule has 0 aromatic heterocycles. The molecule has 0 radical (unpaired) electrons. The zero-order chi connectivity index (χ0) is 12.6. The van der Waals surface area contributed by atoms with E-state index in [0.29, 0.717) is 6.42 Å². The number of rotatable bonds is 1. The summed E-state index contributed by atoms with van der Waals surface area (Å²) < 4.78 is 0. The lowest BCUT2D eigenvalue weighted by molar-refractivity contribution is 0.104. The number of benzene rings is 1. The first kappa shape index (κ1) is 12.6. The van der Waals surface area contributed by atoms with Crippen LogP contribution in [0.5, 0.6) is 0 Å². The van der Waals surface area contributed by atoms with Gasteiger partial charge in [-0.05, 0) is 40.9 Å². The van der Waals surface area contributed by atoms with Gasteiger partial charge in [-0.15, -0.1) is 0 Å². The zero-order valence-corrected chi connectivity index (χ0v) is 10.9. The van der Waals surface area contributed by atoms with Crippen LogP contribution in [0.2, 0.25) is 0 Å². The molecule has 94 valence electrons. The van der Waals surface area contributed by atoms with Crippen LogP contribution in [0, 0.1) is 5.92 Å². The first-order valence-electron chi connectivity index (χ1n) is 6.34. The van der Waals surface area contributed by atoms with Crippen molar-refractivity contribution in [2.45, 2.75) is 45.1 Å². The summed E-state index contributed by atoms with van der Waals surface area (Å²) in [6.45, 7) is 6.71. The van der Waals surface area contributed by atoms with Crippen LogP contribution in [0.3, 0.4) is 0 Å². The molecule has 1 aliphatic carbocycles. The number of hydrogen-bond donors (Lipinski definition) is 2. The van der Waals surface area contributed by atoms with Crippen molar-refractivity contribution >= 4 is 0 Å².